The van der Waals surface area contributed by atoms with Gasteiger partial charge in [0, 0.05) is 12.1 Å². The fourth-order valence-electron chi connectivity index (χ4n) is 2.52. The Balaban J connectivity index is 1.94. The van der Waals surface area contributed by atoms with Crippen molar-refractivity contribution in [2.45, 2.75) is 33.4 Å². The van der Waals surface area contributed by atoms with E-state index in [1.165, 1.54) is 0 Å². The number of carbonyl (C=O) groups excluding carboxylic acids is 1. The quantitative estimate of drug-likeness (QED) is 0.494. The maximum Gasteiger partial charge on any atom is 0.248 e. The molecular weight excluding hydrogens is 340 g/mol. The van der Waals surface area contributed by atoms with Crippen LogP contribution in [0.5, 0.6) is 5.75 Å². The lowest BCUT2D eigenvalue weighted by Gasteiger charge is -2.18. The number of para-hydroxylation sites is 1. The molecule has 1 amide bonds. The van der Waals surface area contributed by atoms with Gasteiger partial charge in [-0.3, -0.25) is 4.79 Å². The van der Waals surface area contributed by atoms with E-state index in [-0.39, 0.29) is 6.10 Å². The Morgan fingerprint density at radius 2 is 1.96 bits per heavy atom. The van der Waals surface area contributed by atoms with Crippen LogP contribution in [0.3, 0.4) is 0 Å². The van der Waals surface area contributed by atoms with Gasteiger partial charge in [-0.2, -0.15) is 0 Å². The number of aryl methyl sites for hydroxylation is 1. The molecule has 2 aromatic carbocycles. The topological polar surface area (TPSA) is 88.7 Å². The van der Waals surface area contributed by atoms with Crippen molar-refractivity contribution in [2.24, 2.45) is 10.7 Å². The molecule has 0 aliphatic rings. The van der Waals surface area contributed by atoms with E-state index < -0.39 is 5.91 Å². The predicted molar refractivity (Wildman–Crippen MR) is 109 cm³/mol. The number of nitrogens with zero attached hydrogens (tertiary/aromatic N) is 1. The van der Waals surface area contributed by atoms with Gasteiger partial charge in [0.05, 0.1) is 13.1 Å². The van der Waals surface area contributed by atoms with Crippen LogP contribution in [0.4, 0.5) is 0 Å². The van der Waals surface area contributed by atoms with Gasteiger partial charge in [-0.15, -0.1) is 0 Å². The van der Waals surface area contributed by atoms with Crippen LogP contribution in [0, 0.1) is 6.92 Å². The van der Waals surface area contributed by atoms with Crippen LogP contribution in [-0.4, -0.2) is 31.1 Å². The molecule has 0 saturated heterocycles. The predicted octanol–water partition coefficient (Wildman–Crippen LogP) is 2.62. The lowest BCUT2D eigenvalue weighted by atomic mass is 10.1. The van der Waals surface area contributed by atoms with Gasteiger partial charge in [-0.25, -0.2) is 4.99 Å². The minimum Gasteiger partial charge on any atom is -0.489 e. The van der Waals surface area contributed by atoms with E-state index in [0.29, 0.717) is 24.6 Å². The molecule has 2 aromatic rings. The average molecular weight is 368 g/mol. The number of nitrogens with two attached hydrogens (primary N) is 1. The molecule has 0 bridgehead atoms. The van der Waals surface area contributed by atoms with Crippen LogP contribution in [0.1, 0.15) is 35.3 Å². The Morgan fingerprint density at radius 3 is 2.67 bits per heavy atom. The van der Waals surface area contributed by atoms with E-state index in [1.54, 1.807) is 12.1 Å². The van der Waals surface area contributed by atoms with Crippen LogP contribution in [0.2, 0.25) is 0 Å². The number of aliphatic imine (C=N–C) groups is 1. The lowest BCUT2D eigenvalue weighted by Crippen LogP contribution is -2.41. The summed E-state index contributed by atoms with van der Waals surface area (Å²) >= 11 is 0. The third-order valence-corrected chi connectivity index (χ3v) is 3.95. The van der Waals surface area contributed by atoms with Crippen LogP contribution < -0.4 is 21.1 Å². The number of nitrogens with one attached hydrogen (secondary N) is 2. The molecule has 1 atom stereocenters. The van der Waals surface area contributed by atoms with E-state index in [1.807, 2.05) is 57.2 Å². The molecule has 0 radical (unpaired) electrons. The zero-order chi connectivity index (χ0) is 19.6. The minimum atomic E-state index is -0.437. The van der Waals surface area contributed by atoms with Crippen LogP contribution in [-0.2, 0) is 6.54 Å². The van der Waals surface area contributed by atoms with Crippen molar-refractivity contribution in [3.05, 3.63) is 65.2 Å². The summed E-state index contributed by atoms with van der Waals surface area (Å²) in [5, 5.41) is 6.50. The van der Waals surface area contributed by atoms with Crippen molar-refractivity contribution >= 4 is 11.9 Å². The fraction of sp³-hybridized carbons (Fsp3) is 0.333. The smallest absolute Gasteiger partial charge is 0.248 e. The highest BCUT2D eigenvalue weighted by molar-refractivity contribution is 5.92. The third-order valence-electron chi connectivity index (χ3n) is 3.95. The number of primary amides is 1. The summed E-state index contributed by atoms with van der Waals surface area (Å²) in [4.78, 5) is 15.9. The summed E-state index contributed by atoms with van der Waals surface area (Å²) in [6.07, 6.45) is -0.0202. The Hall–Kier alpha value is -3.02. The van der Waals surface area contributed by atoms with Crippen molar-refractivity contribution in [3.63, 3.8) is 0 Å². The molecule has 4 N–H and O–H groups in total. The fourth-order valence-corrected chi connectivity index (χ4v) is 2.52. The number of hydrogen-bond donors (Lipinski definition) is 3. The molecule has 0 aliphatic heterocycles. The first-order valence-electron chi connectivity index (χ1n) is 9.12. The maximum atomic E-state index is 11.3. The standard InChI is InChI=1S/C21H28N4O2/c1-4-23-21(25-14-17-9-7-10-18(12-17)20(22)26)24-13-16(3)27-19-11-6-5-8-15(19)2/h5-12,16H,4,13-14H2,1-3H3,(H2,22,26)(H2,23,24,25). The Morgan fingerprint density at radius 1 is 1.19 bits per heavy atom. The molecule has 0 heterocycles. The van der Waals surface area contributed by atoms with E-state index in [2.05, 4.69) is 15.6 Å². The Kier molecular flexibility index (Phi) is 7.67. The zero-order valence-electron chi connectivity index (χ0n) is 16.2. The molecule has 27 heavy (non-hydrogen) atoms. The normalized spacial score (nSPS) is 12.3. The molecule has 0 aromatic heterocycles. The van der Waals surface area contributed by atoms with E-state index in [4.69, 9.17) is 10.5 Å². The van der Waals surface area contributed by atoms with Crippen LogP contribution >= 0.6 is 0 Å². The Labute approximate surface area is 160 Å². The number of carbonyl (C=O) groups is 1. The minimum absolute atomic E-state index is 0.0202. The van der Waals surface area contributed by atoms with Crippen LogP contribution in [0.15, 0.2) is 53.5 Å². The zero-order valence-corrected chi connectivity index (χ0v) is 16.2. The molecule has 6 nitrogen and oxygen atoms in total. The van der Waals surface area contributed by atoms with Gasteiger partial charge < -0.3 is 21.1 Å². The summed E-state index contributed by atoms with van der Waals surface area (Å²) in [5.41, 5.74) is 7.85. The molecule has 2 rings (SSSR count). The molecule has 1 unspecified atom stereocenters. The number of rotatable bonds is 8. The number of benzene rings is 2. The van der Waals surface area contributed by atoms with Gasteiger partial charge in [-0.1, -0.05) is 30.3 Å². The molecule has 0 aliphatic carbocycles. The second-order valence-corrected chi connectivity index (χ2v) is 6.33. The molecule has 144 valence electrons. The SMILES string of the molecule is CCNC(=NCc1cccc(C(N)=O)c1)NCC(C)Oc1ccccc1C. The summed E-state index contributed by atoms with van der Waals surface area (Å²) in [5.74, 6) is 1.15. The molecule has 0 spiro atoms. The molecule has 6 heteroatoms. The largest absolute Gasteiger partial charge is 0.489 e. The monoisotopic (exact) mass is 368 g/mol. The van der Waals surface area contributed by atoms with Gasteiger partial charge in [0.1, 0.15) is 11.9 Å². The molecule has 0 fully saturated rings. The summed E-state index contributed by atoms with van der Waals surface area (Å²) in [7, 11) is 0. The van der Waals surface area contributed by atoms with Crippen molar-refractivity contribution in [1.29, 1.82) is 0 Å². The van der Waals surface area contributed by atoms with Gasteiger partial charge in [-0.05, 0) is 50.1 Å². The van der Waals surface area contributed by atoms with E-state index >= 15 is 0 Å². The first-order chi connectivity index (χ1) is 13.0. The van der Waals surface area contributed by atoms with Gasteiger partial charge in [0.2, 0.25) is 5.91 Å². The highest BCUT2D eigenvalue weighted by Crippen LogP contribution is 2.17. The Bertz CT molecular complexity index is 789. The number of hydrogen-bond acceptors (Lipinski definition) is 3. The first kappa shape index (κ1) is 20.3. The van der Waals surface area contributed by atoms with Crippen molar-refractivity contribution < 1.29 is 9.53 Å². The first-order valence-corrected chi connectivity index (χ1v) is 9.12. The molecule has 0 saturated carbocycles. The highest BCUT2D eigenvalue weighted by atomic mass is 16.5. The van der Waals surface area contributed by atoms with Crippen molar-refractivity contribution in [2.75, 3.05) is 13.1 Å². The van der Waals surface area contributed by atoms with Gasteiger partial charge >= 0.3 is 0 Å². The van der Waals surface area contributed by atoms with Crippen molar-refractivity contribution in [3.8, 4) is 5.75 Å². The van der Waals surface area contributed by atoms with Gasteiger partial charge in [0.25, 0.3) is 0 Å². The second-order valence-electron chi connectivity index (χ2n) is 6.33. The van der Waals surface area contributed by atoms with E-state index in [9.17, 15) is 4.79 Å². The van der Waals surface area contributed by atoms with Crippen molar-refractivity contribution in [1.82, 2.24) is 10.6 Å². The summed E-state index contributed by atoms with van der Waals surface area (Å²) in [6.45, 7) is 7.86. The maximum absolute atomic E-state index is 11.3. The summed E-state index contributed by atoms with van der Waals surface area (Å²) < 4.78 is 5.98. The molecular formula is C21H28N4O2. The highest BCUT2D eigenvalue weighted by Gasteiger charge is 2.07. The van der Waals surface area contributed by atoms with Gasteiger partial charge in [0.15, 0.2) is 5.96 Å². The summed E-state index contributed by atoms with van der Waals surface area (Å²) in [6, 6.07) is 15.1. The lowest BCUT2D eigenvalue weighted by molar-refractivity contribution is 0.1000. The average Bonchev–Trinajstić information content (AvgIpc) is 2.66. The van der Waals surface area contributed by atoms with E-state index in [0.717, 1.165) is 23.4 Å². The number of guanidine groups is 1. The number of ether oxygens (including phenoxy) is 1. The third kappa shape index (κ3) is 6.66. The second kappa shape index (κ2) is 10.2. The van der Waals surface area contributed by atoms with Crippen LogP contribution in [0.25, 0.3) is 0 Å². The number of amides is 1.